The second-order valence-electron chi connectivity index (χ2n) is 4.07. The first-order valence-electron chi connectivity index (χ1n) is 6.05. The largest absolute Gasteiger partial charge is 0.354 e. The Balaban J connectivity index is 1.73. The van der Waals surface area contributed by atoms with E-state index in [0.29, 0.717) is 11.6 Å². The molecule has 1 aromatic carbocycles. The summed E-state index contributed by atoms with van der Waals surface area (Å²) in [7, 11) is 0. The fraction of sp³-hybridized carbons (Fsp3) is 0.0714. The van der Waals surface area contributed by atoms with Crippen LogP contribution < -0.4 is 5.32 Å². The molecule has 0 aliphatic carbocycles. The monoisotopic (exact) mass is 302 g/mol. The van der Waals surface area contributed by atoms with E-state index in [-0.39, 0.29) is 0 Å². The van der Waals surface area contributed by atoms with E-state index in [1.54, 1.807) is 6.20 Å². The number of hydrogen-bond donors (Lipinski definition) is 1. The van der Waals surface area contributed by atoms with Crippen molar-refractivity contribution in [1.29, 1.82) is 0 Å². The molecule has 0 unspecified atom stereocenters. The van der Waals surface area contributed by atoms with Gasteiger partial charge in [-0.2, -0.15) is 0 Å². The standard InChI is InChI=1S/C14H11ClN4S/c15-12-7-2-1-6-11(12)13-18-19-14(20-13)17-9-10-5-3-4-8-16-10/h1-8H,9H2,(H,17,19). The van der Waals surface area contributed by atoms with Crippen molar-refractivity contribution in [2.75, 3.05) is 5.32 Å². The summed E-state index contributed by atoms with van der Waals surface area (Å²) in [5, 5.41) is 13.7. The number of benzene rings is 1. The van der Waals surface area contributed by atoms with Crippen LogP contribution in [0.3, 0.4) is 0 Å². The average molecular weight is 303 g/mol. The molecule has 0 fully saturated rings. The normalized spacial score (nSPS) is 10.4. The minimum atomic E-state index is 0.623. The molecular weight excluding hydrogens is 292 g/mol. The first-order valence-corrected chi connectivity index (χ1v) is 7.24. The van der Waals surface area contributed by atoms with Gasteiger partial charge in [-0.25, -0.2) is 0 Å². The van der Waals surface area contributed by atoms with Gasteiger partial charge in [0.2, 0.25) is 5.13 Å². The molecule has 4 nitrogen and oxygen atoms in total. The van der Waals surface area contributed by atoms with Crippen LogP contribution in [0.1, 0.15) is 5.69 Å². The van der Waals surface area contributed by atoms with Crippen LogP contribution >= 0.6 is 22.9 Å². The van der Waals surface area contributed by atoms with Gasteiger partial charge >= 0.3 is 0 Å². The molecule has 0 aliphatic rings. The van der Waals surface area contributed by atoms with E-state index < -0.39 is 0 Å². The minimum Gasteiger partial charge on any atom is -0.354 e. The number of halogens is 1. The van der Waals surface area contributed by atoms with Crippen molar-refractivity contribution in [2.45, 2.75) is 6.54 Å². The third kappa shape index (κ3) is 2.95. The van der Waals surface area contributed by atoms with E-state index in [0.717, 1.165) is 21.4 Å². The lowest BCUT2D eigenvalue weighted by Crippen LogP contribution is -2.00. The highest BCUT2D eigenvalue weighted by Crippen LogP contribution is 2.31. The van der Waals surface area contributed by atoms with Gasteiger partial charge in [-0.05, 0) is 18.2 Å². The molecule has 3 rings (SSSR count). The van der Waals surface area contributed by atoms with Crippen molar-refractivity contribution < 1.29 is 0 Å². The van der Waals surface area contributed by atoms with Crippen LogP contribution in [-0.4, -0.2) is 15.2 Å². The van der Waals surface area contributed by atoms with Gasteiger partial charge in [0.25, 0.3) is 0 Å². The Morgan fingerprint density at radius 1 is 1.05 bits per heavy atom. The molecule has 0 saturated heterocycles. The predicted octanol–water partition coefficient (Wildman–Crippen LogP) is 3.87. The van der Waals surface area contributed by atoms with Crippen molar-refractivity contribution in [1.82, 2.24) is 15.2 Å². The maximum atomic E-state index is 6.15. The van der Waals surface area contributed by atoms with Gasteiger partial charge < -0.3 is 5.32 Å². The second-order valence-corrected chi connectivity index (χ2v) is 5.45. The molecular formula is C14H11ClN4S. The number of hydrogen-bond acceptors (Lipinski definition) is 5. The van der Waals surface area contributed by atoms with Gasteiger partial charge in [-0.1, -0.05) is 47.2 Å². The van der Waals surface area contributed by atoms with Gasteiger partial charge in [0, 0.05) is 11.8 Å². The highest BCUT2D eigenvalue weighted by Gasteiger charge is 2.09. The zero-order valence-electron chi connectivity index (χ0n) is 10.5. The number of nitrogens with zero attached hydrogens (tertiary/aromatic N) is 3. The van der Waals surface area contributed by atoms with Gasteiger partial charge in [0.05, 0.1) is 17.3 Å². The highest BCUT2D eigenvalue weighted by molar-refractivity contribution is 7.18. The van der Waals surface area contributed by atoms with Gasteiger partial charge in [-0.3, -0.25) is 4.98 Å². The Labute approximate surface area is 125 Å². The molecule has 3 aromatic rings. The maximum absolute atomic E-state index is 6.15. The third-order valence-corrected chi connectivity index (χ3v) is 3.92. The lowest BCUT2D eigenvalue weighted by molar-refractivity contribution is 1.01. The van der Waals surface area contributed by atoms with E-state index in [1.807, 2.05) is 42.5 Å². The number of anilines is 1. The Kier molecular flexibility index (Phi) is 3.90. The summed E-state index contributed by atoms with van der Waals surface area (Å²) in [6.45, 7) is 0.623. The van der Waals surface area contributed by atoms with Crippen molar-refractivity contribution in [3.63, 3.8) is 0 Å². The first-order chi connectivity index (χ1) is 9.83. The summed E-state index contributed by atoms with van der Waals surface area (Å²) in [5.74, 6) is 0. The summed E-state index contributed by atoms with van der Waals surface area (Å²) in [6, 6.07) is 13.4. The molecule has 20 heavy (non-hydrogen) atoms. The van der Waals surface area contributed by atoms with Crippen LogP contribution in [0, 0.1) is 0 Å². The van der Waals surface area contributed by atoms with Crippen molar-refractivity contribution in [3.05, 3.63) is 59.4 Å². The first kappa shape index (κ1) is 13.0. The molecule has 0 aliphatic heterocycles. The molecule has 0 spiro atoms. The molecule has 0 amide bonds. The van der Waals surface area contributed by atoms with Crippen LogP contribution in [0.2, 0.25) is 5.02 Å². The summed E-state index contributed by atoms with van der Waals surface area (Å²) >= 11 is 7.62. The Morgan fingerprint density at radius 2 is 1.90 bits per heavy atom. The highest BCUT2D eigenvalue weighted by atomic mass is 35.5. The third-order valence-electron chi connectivity index (χ3n) is 2.68. The quantitative estimate of drug-likeness (QED) is 0.795. The maximum Gasteiger partial charge on any atom is 0.206 e. The van der Waals surface area contributed by atoms with E-state index >= 15 is 0 Å². The summed E-state index contributed by atoms with van der Waals surface area (Å²) in [4.78, 5) is 4.25. The molecule has 100 valence electrons. The van der Waals surface area contributed by atoms with Crippen molar-refractivity contribution in [3.8, 4) is 10.6 Å². The lowest BCUT2D eigenvalue weighted by Gasteiger charge is -2.00. The molecule has 2 aromatic heterocycles. The molecule has 0 saturated carbocycles. The van der Waals surface area contributed by atoms with Gasteiger partial charge in [0.15, 0.2) is 5.01 Å². The number of rotatable bonds is 4. The number of nitrogens with one attached hydrogen (secondary N) is 1. The second kappa shape index (κ2) is 5.98. The number of pyridine rings is 1. The summed E-state index contributed by atoms with van der Waals surface area (Å²) in [6.07, 6.45) is 1.77. The van der Waals surface area contributed by atoms with Crippen LogP contribution in [0.15, 0.2) is 48.7 Å². The molecule has 0 bridgehead atoms. The van der Waals surface area contributed by atoms with E-state index in [2.05, 4.69) is 20.5 Å². The molecule has 0 atom stereocenters. The number of aromatic nitrogens is 3. The minimum absolute atomic E-state index is 0.623. The molecule has 0 radical (unpaired) electrons. The zero-order valence-corrected chi connectivity index (χ0v) is 12.0. The fourth-order valence-corrected chi connectivity index (χ4v) is 2.77. The topological polar surface area (TPSA) is 50.7 Å². The zero-order chi connectivity index (χ0) is 13.8. The molecule has 1 N–H and O–H groups in total. The van der Waals surface area contributed by atoms with Crippen LogP contribution in [0.25, 0.3) is 10.6 Å². The van der Waals surface area contributed by atoms with Crippen LogP contribution in [0.5, 0.6) is 0 Å². The molecule has 2 heterocycles. The van der Waals surface area contributed by atoms with Crippen molar-refractivity contribution >= 4 is 28.1 Å². The Bertz CT molecular complexity index is 699. The van der Waals surface area contributed by atoms with Gasteiger partial charge in [0.1, 0.15) is 0 Å². The van der Waals surface area contributed by atoms with Crippen LogP contribution in [0.4, 0.5) is 5.13 Å². The van der Waals surface area contributed by atoms with E-state index in [4.69, 9.17) is 11.6 Å². The van der Waals surface area contributed by atoms with Crippen LogP contribution in [-0.2, 0) is 6.54 Å². The summed E-state index contributed by atoms with van der Waals surface area (Å²) < 4.78 is 0. The summed E-state index contributed by atoms with van der Waals surface area (Å²) in [5.41, 5.74) is 1.86. The van der Waals surface area contributed by atoms with E-state index in [1.165, 1.54) is 11.3 Å². The molecule has 6 heteroatoms. The lowest BCUT2D eigenvalue weighted by atomic mass is 10.2. The SMILES string of the molecule is Clc1ccccc1-c1nnc(NCc2ccccn2)s1. The smallest absolute Gasteiger partial charge is 0.206 e. The Hall–Kier alpha value is -1.98. The van der Waals surface area contributed by atoms with Gasteiger partial charge in [-0.15, -0.1) is 10.2 Å². The van der Waals surface area contributed by atoms with Crippen molar-refractivity contribution in [2.24, 2.45) is 0 Å². The van der Waals surface area contributed by atoms with E-state index in [9.17, 15) is 0 Å². The Morgan fingerprint density at radius 3 is 2.70 bits per heavy atom. The average Bonchev–Trinajstić information content (AvgIpc) is 2.95. The fourth-order valence-electron chi connectivity index (χ4n) is 1.71. The predicted molar refractivity (Wildman–Crippen MR) is 81.9 cm³/mol.